The molecule has 0 N–H and O–H groups in total. The molecule has 6 heteroatoms. The highest BCUT2D eigenvalue weighted by Gasteiger charge is 2.28. The molecular formula is C40H36N2O4+2. The van der Waals surface area contributed by atoms with Crippen LogP contribution in [0.4, 0.5) is 34.1 Å². The lowest BCUT2D eigenvalue weighted by molar-refractivity contribution is 0.414. The third kappa shape index (κ3) is 6.59. The van der Waals surface area contributed by atoms with Gasteiger partial charge in [0, 0.05) is 72.8 Å². The van der Waals surface area contributed by atoms with E-state index in [-0.39, 0.29) is 0 Å². The number of hydrogen-bond donors (Lipinski definition) is 0. The predicted octanol–water partition coefficient (Wildman–Crippen LogP) is 10.3. The zero-order chi connectivity index (χ0) is 31.9. The van der Waals surface area contributed by atoms with Gasteiger partial charge < -0.3 is 18.9 Å². The number of rotatable bonds is 11. The highest BCUT2D eigenvalue weighted by atomic mass is 16.5. The number of hydrogen-bond acceptors (Lipinski definition) is 6. The van der Waals surface area contributed by atoms with Gasteiger partial charge in [0.15, 0.2) is 34.1 Å². The van der Waals surface area contributed by atoms with Crippen LogP contribution in [-0.2, 0) is 0 Å². The van der Waals surface area contributed by atoms with E-state index in [0.717, 1.165) is 68.2 Å². The van der Waals surface area contributed by atoms with Crippen molar-refractivity contribution in [3.8, 4) is 34.1 Å². The number of anilines is 6. The highest BCUT2D eigenvalue weighted by Crippen LogP contribution is 2.39. The Morgan fingerprint density at radius 3 is 0.935 bits per heavy atom. The maximum atomic E-state index is 5.42. The van der Waals surface area contributed by atoms with Crippen molar-refractivity contribution in [2.75, 3.05) is 28.4 Å². The molecule has 0 unspecified atom stereocenters. The van der Waals surface area contributed by atoms with Gasteiger partial charge in [0.25, 0.3) is 0 Å². The molecule has 228 valence electrons. The largest absolute Gasteiger partial charge is 0.497 e. The minimum atomic E-state index is 0.811. The lowest BCUT2D eigenvalue weighted by atomic mass is 10.0. The quantitative estimate of drug-likeness (QED) is 0.137. The van der Waals surface area contributed by atoms with Crippen molar-refractivity contribution in [3.63, 3.8) is 0 Å². The minimum Gasteiger partial charge on any atom is -0.497 e. The number of nitrogens with zero attached hydrogens (tertiary/aromatic N) is 2. The van der Waals surface area contributed by atoms with Crippen molar-refractivity contribution in [1.29, 1.82) is 0 Å². The summed E-state index contributed by atoms with van der Waals surface area (Å²) in [4.78, 5) is 4.44. The van der Waals surface area contributed by atoms with Crippen molar-refractivity contribution in [2.24, 2.45) is 0 Å². The van der Waals surface area contributed by atoms with Gasteiger partial charge >= 0.3 is 0 Å². The van der Waals surface area contributed by atoms with E-state index in [9.17, 15) is 0 Å². The summed E-state index contributed by atoms with van der Waals surface area (Å²) in [6, 6.07) is 49.6. The molecule has 0 bridgehead atoms. The number of benzene rings is 6. The summed E-state index contributed by atoms with van der Waals surface area (Å²) in [6.07, 6.45) is 0. The van der Waals surface area contributed by atoms with Crippen LogP contribution in [0.3, 0.4) is 0 Å². The maximum Gasteiger partial charge on any atom is 0.193 e. The van der Waals surface area contributed by atoms with Crippen molar-refractivity contribution in [3.05, 3.63) is 146 Å². The van der Waals surface area contributed by atoms with Gasteiger partial charge in [-0.25, -0.2) is 0 Å². The van der Waals surface area contributed by atoms with E-state index in [1.807, 2.05) is 48.5 Å². The first-order chi connectivity index (χ1) is 22.6. The molecule has 0 aromatic heterocycles. The molecule has 0 saturated heterocycles. The molecule has 2 radical (unpaired) electrons. The fourth-order valence-corrected chi connectivity index (χ4v) is 5.45. The average Bonchev–Trinajstić information content (AvgIpc) is 3.13. The Balaban J connectivity index is 1.36. The standard InChI is InChI=1S/C40H36N2O4/c1-43-37-20-12-32(13-21-37)41(33-14-22-38(44-2)23-15-33)31-10-8-29(9-11-31)30-6-5-7-36(28-30)42(34-16-24-39(45-3)25-17-34)35-18-26-40(46-4)27-19-35/h5-28H,1-4H3/q+2. The average molecular weight is 609 g/mol. The Bertz CT molecular complexity index is 1760. The summed E-state index contributed by atoms with van der Waals surface area (Å²) < 4.78 is 21.7. The molecule has 6 rings (SSSR count). The van der Waals surface area contributed by atoms with Gasteiger partial charge in [-0.3, -0.25) is 0 Å². The predicted molar refractivity (Wildman–Crippen MR) is 186 cm³/mol. The Morgan fingerprint density at radius 1 is 0.304 bits per heavy atom. The van der Waals surface area contributed by atoms with Gasteiger partial charge in [-0.2, -0.15) is 0 Å². The molecule has 0 saturated carbocycles. The van der Waals surface area contributed by atoms with Crippen LogP contribution in [0.15, 0.2) is 146 Å². The number of ether oxygens (including phenoxy) is 4. The zero-order valence-corrected chi connectivity index (χ0v) is 26.4. The molecule has 6 aromatic carbocycles. The fourth-order valence-electron chi connectivity index (χ4n) is 5.45. The van der Waals surface area contributed by atoms with Crippen molar-refractivity contribution < 1.29 is 18.9 Å². The first-order valence-electron chi connectivity index (χ1n) is 15.0. The first-order valence-corrected chi connectivity index (χ1v) is 15.0. The van der Waals surface area contributed by atoms with Gasteiger partial charge in [0.2, 0.25) is 0 Å². The maximum absolute atomic E-state index is 5.42. The molecule has 0 amide bonds. The van der Waals surface area contributed by atoms with E-state index in [4.69, 9.17) is 18.9 Å². The molecule has 0 heterocycles. The zero-order valence-electron chi connectivity index (χ0n) is 26.4. The molecule has 6 aromatic rings. The Kier molecular flexibility index (Phi) is 9.29. The van der Waals surface area contributed by atoms with Crippen LogP contribution >= 0.6 is 0 Å². The summed E-state index contributed by atoms with van der Waals surface area (Å²) in [5.74, 6) is 3.25. The van der Waals surface area contributed by atoms with Crippen molar-refractivity contribution in [1.82, 2.24) is 9.80 Å². The van der Waals surface area contributed by atoms with Gasteiger partial charge in [-0.1, -0.05) is 21.9 Å². The lowest BCUT2D eigenvalue weighted by Gasteiger charge is -2.14. The topological polar surface area (TPSA) is 48.7 Å². The molecule has 6 nitrogen and oxygen atoms in total. The summed E-state index contributed by atoms with van der Waals surface area (Å²) in [7, 11) is 6.71. The third-order valence-corrected chi connectivity index (χ3v) is 7.89. The molecule has 46 heavy (non-hydrogen) atoms. The van der Waals surface area contributed by atoms with E-state index in [1.165, 1.54) is 0 Å². The molecule has 0 aliphatic carbocycles. The van der Waals surface area contributed by atoms with Crippen LogP contribution in [-0.4, -0.2) is 28.4 Å². The fraction of sp³-hybridized carbons (Fsp3) is 0.100. The van der Waals surface area contributed by atoms with Gasteiger partial charge in [0.05, 0.1) is 28.4 Å². The molecule has 0 fully saturated rings. The monoisotopic (exact) mass is 608 g/mol. The highest BCUT2D eigenvalue weighted by molar-refractivity contribution is 5.75. The molecule has 0 spiro atoms. The van der Waals surface area contributed by atoms with Crippen LogP contribution in [0, 0.1) is 0 Å². The molecule has 0 aliphatic heterocycles. The summed E-state index contributed by atoms with van der Waals surface area (Å²) in [5.41, 5.74) is 8.38. The number of methoxy groups -OCH3 is 4. The van der Waals surface area contributed by atoms with Crippen molar-refractivity contribution in [2.45, 2.75) is 0 Å². The SMILES string of the molecule is COc1ccc([N+](c2ccc(OC)cc2)c2ccc(-c3cccc([N+](c4ccc(OC)cc4)c4ccc(OC)cc4)c3)cc2)cc1. The van der Waals surface area contributed by atoms with Gasteiger partial charge in [-0.15, -0.1) is 0 Å². The second kappa shape index (κ2) is 14.0. The Labute approximate surface area is 270 Å². The third-order valence-electron chi connectivity index (χ3n) is 7.89. The summed E-state index contributed by atoms with van der Waals surface area (Å²) in [5, 5.41) is 0. The van der Waals surface area contributed by atoms with E-state index >= 15 is 0 Å². The lowest BCUT2D eigenvalue weighted by Crippen LogP contribution is -2.11. The molecule has 0 aliphatic rings. The second-order valence-corrected chi connectivity index (χ2v) is 10.6. The van der Waals surface area contributed by atoms with Crippen LogP contribution in [0.2, 0.25) is 0 Å². The molecule has 0 atom stereocenters. The Hall–Kier alpha value is -5.56. The summed E-state index contributed by atoms with van der Waals surface area (Å²) in [6.45, 7) is 0. The first kappa shape index (κ1) is 30.5. The second-order valence-electron chi connectivity index (χ2n) is 10.6. The van der Waals surface area contributed by atoms with Crippen LogP contribution in [0.5, 0.6) is 23.0 Å². The van der Waals surface area contributed by atoms with Crippen LogP contribution in [0.1, 0.15) is 0 Å². The van der Waals surface area contributed by atoms with Crippen LogP contribution in [0.25, 0.3) is 11.1 Å². The van der Waals surface area contributed by atoms with E-state index in [0.29, 0.717) is 0 Å². The van der Waals surface area contributed by atoms with Gasteiger partial charge in [0.1, 0.15) is 23.0 Å². The van der Waals surface area contributed by atoms with E-state index in [2.05, 4.69) is 107 Å². The Morgan fingerprint density at radius 2 is 0.609 bits per heavy atom. The van der Waals surface area contributed by atoms with E-state index < -0.39 is 0 Å². The van der Waals surface area contributed by atoms with E-state index in [1.54, 1.807) is 28.4 Å². The van der Waals surface area contributed by atoms with Gasteiger partial charge in [-0.05, 0) is 71.8 Å². The van der Waals surface area contributed by atoms with Crippen LogP contribution < -0.4 is 28.7 Å². The summed E-state index contributed by atoms with van der Waals surface area (Å²) >= 11 is 0. The smallest absolute Gasteiger partial charge is 0.193 e. The molecular weight excluding hydrogens is 572 g/mol. The van der Waals surface area contributed by atoms with Crippen molar-refractivity contribution >= 4 is 34.1 Å². The minimum absolute atomic E-state index is 0.811. The normalized spacial score (nSPS) is 11.0.